The van der Waals surface area contributed by atoms with Crippen LogP contribution in [-0.4, -0.2) is 254 Å². The van der Waals surface area contributed by atoms with Crippen LogP contribution in [0.2, 0.25) is 0 Å². The Morgan fingerprint density at radius 1 is 0.452 bits per heavy atom. The van der Waals surface area contributed by atoms with E-state index in [1.54, 1.807) is 54.8 Å². The first-order chi connectivity index (χ1) is 41.3. The summed E-state index contributed by atoms with van der Waals surface area (Å²) in [5.41, 5.74) is 2.51. The van der Waals surface area contributed by atoms with Gasteiger partial charge in [-0.15, -0.1) is 51.2 Å². The maximum absolute atomic E-state index is 13.9. The number of amides is 2. The molecule has 0 spiro atoms. The molecular weight excluding hydrogens is 1100 g/mol. The van der Waals surface area contributed by atoms with Crippen LogP contribution in [0.1, 0.15) is 38.1 Å². The highest BCUT2D eigenvalue weighted by molar-refractivity contribution is 6.31. The molecule has 0 atom stereocenters. The second-order valence-corrected chi connectivity index (χ2v) is 17.4. The van der Waals surface area contributed by atoms with Crippen LogP contribution >= 0.6 is 0 Å². The smallest absolute Gasteiger partial charge is 0.276 e. The van der Waals surface area contributed by atoms with Crippen LogP contribution in [0, 0.1) is 49.4 Å². The Labute approximate surface area is 486 Å². The third kappa shape index (κ3) is 27.1. The van der Waals surface area contributed by atoms with Crippen LogP contribution in [0.15, 0.2) is 41.1 Å². The molecule has 2 amide bonds. The average molecular weight is 1170 g/mol. The summed E-state index contributed by atoms with van der Waals surface area (Å²) in [5, 5.41) is 45.4. The summed E-state index contributed by atoms with van der Waals surface area (Å²) in [5.74, 6) is 14.4. The Hall–Kier alpha value is -8.38. The number of nitrogens with two attached hydrogens (primary N) is 1. The van der Waals surface area contributed by atoms with Crippen molar-refractivity contribution in [3.8, 4) is 49.4 Å². The van der Waals surface area contributed by atoms with Gasteiger partial charge in [0.2, 0.25) is 0 Å². The predicted octanol–water partition coefficient (Wildman–Crippen LogP) is -2.09. The molecular formula is C52H72N20O12. The van der Waals surface area contributed by atoms with E-state index >= 15 is 0 Å². The highest BCUT2D eigenvalue weighted by Gasteiger charge is 2.22. The lowest BCUT2D eigenvalue weighted by molar-refractivity contribution is 0.0402. The maximum Gasteiger partial charge on any atom is 0.276 e. The Bertz CT molecular complexity index is 2800. The molecule has 32 nitrogen and oxygen atoms in total. The molecule has 5 aromatic heterocycles. The number of ether oxygens (including phenoxy) is 10. The van der Waals surface area contributed by atoms with Crippen molar-refractivity contribution in [3.63, 3.8) is 0 Å². The Morgan fingerprint density at radius 3 is 1.19 bits per heavy atom. The molecule has 0 saturated heterocycles. The van der Waals surface area contributed by atoms with Gasteiger partial charge in [0.25, 0.3) is 11.8 Å². The highest BCUT2D eigenvalue weighted by atomic mass is 16.5. The molecule has 0 radical (unpaired) electrons. The van der Waals surface area contributed by atoms with Gasteiger partial charge in [0, 0.05) is 32.4 Å². The number of hydrogen-bond acceptors (Lipinski definition) is 25. The first-order valence-electron chi connectivity index (χ1n) is 26.7. The zero-order valence-electron chi connectivity index (χ0n) is 47.0. The second kappa shape index (κ2) is 41.6. The maximum atomic E-state index is 13.9. The van der Waals surface area contributed by atoms with Gasteiger partial charge in [0.1, 0.15) is 49.2 Å². The van der Waals surface area contributed by atoms with Gasteiger partial charge in [0.05, 0.1) is 176 Å². The van der Waals surface area contributed by atoms with Gasteiger partial charge in [-0.1, -0.05) is 49.7 Å². The fourth-order valence-electron chi connectivity index (χ4n) is 6.97. The topological polar surface area (TPSA) is 337 Å². The lowest BCUT2D eigenvalue weighted by Crippen LogP contribution is -2.37. The van der Waals surface area contributed by atoms with E-state index in [9.17, 15) is 9.59 Å². The highest BCUT2D eigenvalue weighted by Crippen LogP contribution is 2.08. The van der Waals surface area contributed by atoms with Crippen molar-refractivity contribution in [1.82, 2.24) is 84.8 Å². The first-order valence-corrected chi connectivity index (χ1v) is 26.7. The van der Waals surface area contributed by atoms with E-state index in [0.717, 1.165) is 0 Å². The molecule has 0 bridgehead atoms. The van der Waals surface area contributed by atoms with E-state index in [-0.39, 0.29) is 135 Å². The quantitative estimate of drug-likeness (QED) is 0.0143. The predicted molar refractivity (Wildman–Crippen MR) is 297 cm³/mol. The minimum atomic E-state index is -0.370. The summed E-state index contributed by atoms with van der Waals surface area (Å²) < 4.78 is 62.7. The number of aliphatic imine (C=N–C) groups is 1. The molecule has 5 rings (SSSR count). The first kappa shape index (κ1) is 66.4. The van der Waals surface area contributed by atoms with Crippen LogP contribution in [-0.2, 0) is 99.9 Å². The van der Waals surface area contributed by atoms with Crippen molar-refractivity contribution in [1.29, 1.82) is 0 Å². The molecule has 2 N–H and O–H groups in total. The molecule has 452 valence electrons. The molecule has 32 heteroatoms. The monoisotopic (exact) mass is 1170 g/mol. The van der Waals surface area contributed by atoms with Gasteiger partial charge in [-0.2, -0.15) is 5.10 Å². The number of hydrogen-bond donors (Lipinski definition) is 1. The van der Waals surface area contributed by atoms with Crippen LogP contribution in [0.3, 0.4) is 0 Å². The Balaban J connectivity index is 1.05. The van der Waals surface area contributed by atoms with Crippen molar-refractivity contribution >= 4 is 23.7 Å². The van der Waals surface area contributed by atoms with Crippen LogP contribution in [0.25, 0.3) is 0 Å². The number of nitrogens with zero attached hydrogens (tertiary/aromatic N) is 19. The molecule has 0 saturated carbocycles. The number of terminal acetylenes is 4. The van der Waals surface area contributed by atoms with E-state index in [2.05, 4.69) is 85.3 Å². The van der Waals surface area contributed by atoms with Gasteiger partial charge in [-0.05, 0) is 0 Å². The van der Waals surface area contributed by atoms with Gasteiger partial charge in [-0.3, -0.25) is 28.6 Å². The molecule has 0 fully saturated rings. The Kier molecular flexibility index (Phi) is 32.9. The summed E-state index contributed by atoms with van der Waals surface area (Å²) in [6.07, 6.45) is 30.7. The SMILES string of the molecule is C#CCOCCOCC(C=NCCN(CCn1cc(COCCOCC#C)nn1)C(=O)c1cn(CCOCCOCCn2cc(C(=O)N(CCn3cc(COCCOCC#C)nn3)CCn3cc(COCCOCC#C)nn3)nn2)nn1)=NN. The summed E-state index contributed by atoms with van der Waals surface area (Å²) in [6.45, 7) is 8.22. The number of carbonyl (C=O) groups excluding carboxylic acids is 2. The zero-order valence-corrected chi connectivity index (χ0v) is 47.0. The third-order valence-electron chi connectivity index (χ3n) is 11.1. The number of aromatic nitrogens is 15. The molecule has 84 heavy (non-hydrogen) atoms. The summed E-state index contributed by atoms with van der Waals surface area (Å²) in [6, 6.07) is 0. The van der Waals surface area contributed by atoms with Gasteiger partial charge in [-0.25, -0.2) is 9.36 Å². The molecule has 5 aromatic rings. The summed E-state index contributed by atoms with van der Waals surface area (Å²) in [4.78, 5) is 35.4. The van der Waals surface area contributed by atoms with Crippen molar-refractivity contribution < 1.29 is 57.0 Å². The molecule has 0 aliphatic carbocycles. The van der Waals surface area contributed by atoms with Crippen molar-refractivity contribution in [2.24, 2.45) is 15.9 Å². The summed E-state index contributed by atoms with van der Waals surface area (Å²) >= 11 is 0. The van der Waals surface area contributed by atoms with E-state index in [4.69, 9.17) is 78.9 Å². The van der Waals surface area contributed by atoms with Crippen LogP contribution in [0.5, 0.6) is 0 Å². The molecule has 0 unspecified atom stereocenters. The largest absolute Gasteiger partial charge is 0.377 e. The van der Waals surface area contributed by atoms with E-state index in [0.29, 0.717) is 108 Å². The van der Waals surface area contributed by atoms with Gasteiger partial charge >= 0.3 is 0 Å². The van der Waals surface area contributed by atoms with Crippen molar-refractivity contribution in [2.75, 3.05) is 145 Å². The van der Waals surface area contributed by atoms with E-state index < -0.39 is 0 Å². The molecule has 5 heterocycles. The lowest BCUT2D eigenvalue weighted by atomic mass is 10.3. The minimum absolute atomic E-state index is 0.108. The minimum Gasteiger partial charge on any atom is -0.377 e. The third-order valence-corrected chi connectivity index (χ3v) is 11.1. The average Bonchev–Trinajstić information content (AvgIpc) is 4.57. The molecule has 0 aliphatic rings. The number of hydrazone groups is 1. The van der Waals surface area contributed by atoms with Crippen LogP contribution in [0.4, 0.5) is 0 Å². The standard InChI is InChI=1S/C52H72N20O12/c1-5-19-75-27-31-81-41-45(55-53)35-54-9-10-66(11-14-68-36-46(56-61-68)42-82-32-28-76-20-6-2)51(73)49-39-71(64-59-49)17-23-79-25-26-80-24-18-72-40-50(60-65-72)52(74)67(12-15-69-37-47(57-62-69)43-83-33-29-77-21-7-3)13-16-70-38-48(58-63-70)44-84-34-30-78-22-8-4/h1-4,35-40H,9-34,41-44,53H2. The molecule has 0 aliphatic heterocycles. The normalized spacial score (nSPS) is 11.5. The second-order valence-electron chi connectivity index (χ2n) is 17.4. The van der Waals surface area contributed by atoms with Gasteiger partial charge in [0.15, 0.2) is 11.4 Å². The van der Waals surface area contributed by atoms with Crippen molar-refractivity contribution in [2.45, 2.75) is 52.5 Å². The van der Waals surface area contributed by atoms with Gasteiger partial charge < -0.3 is 63.0 Å². The van der Waals surface area contributed by atoms with Crippen LogP contribution < -0.4 is 5.84 Å². The number of carbonyl (C=O) groups is 2. The summed E-state index contributed by atoms with van der Waals surface area (Å²) in [7, 11) is 0. The zero-order chi connectivity index (χ0) is 59.5. The van der Waals surface area contributed by atoms with E-state index in [1.165, 1.54) is 15.6 Å². The van der Waals surface area contributed by atoms with Crippen molar-refractivity contribution in [3.05, 3.63) is 59.5 Å². The Morgan fingerprint density at radius 2 is 0.798 bits per heavy atom. The van der Waals surface area contributed by atoms with E-state index in [1.807, 2.05) is 0 Å². The molecule has 0 aromatic carbocycles. The fraction of sp³-hybridized carbons (Fsp3) is 0.577. The number of rotatable bonds is 48. The fourth-order valence-corrected chi connectivity index (χ4v) is 6.97. The lowest BCUT2D eigenvalue weighted by Gasteiger charge is -2.21.